The lowest BCUT2D eigenvalue weighted by Crippen LogP contribution is -2.44. The number of aromatic nitrogens is 2. The first-order chi connectivity index (χ1) is 10.2. The Morgan fingerprint density at radius 3 is 3.05 bits per heavy atom. The Morgan fingerprint density at radius 1 is 1.48 bits per heavy atom. The molecule has 0 radical (unpaired) electrons. The van der Waals surface area contributed by atoms with Crippen molar-refractivity contribution in [1.29, 1.82) is 0 Å². The van der Waals surface area contributed by atoms with Gasteiger partial charge in [-0.15, -0.1) is 0 Å². The number of hydrogen-bond acceptors (Lipinski definition) is 5. The Balaban J connectivity index is 1.76. The predicted molar refractivity (Wildman–Crippen MR) is 79.1 cm³/mol. The number of aliphatic hydroxyl groups excluding tert-OH is 2. The molecule has 1 aromatic carbocycles. The first-order valence-corrected chi connectivity index (χ1v) is 7.23. The maximum atomic E-state index is 10.0. The zero-order chi connectivity index (χ0) is 14.8. The fourth-order valence-corrected chi connectivity index (χ4v) is 2.92. The Morgan fingerprint density at radius 2 is 2.33 bits per heavy atom. The van der Waals surface area contributed by atoms with E-state index in [1.807, 2.05) is 18.2 Å². The molecule has 6 nitrogen and oxygen atoms in total. The number of rotatable bonds is 4. The number of aromatic amines is 1. The van der Waals surface area contributed by atoms with E-state index in [2.05, 4.69) is 15.1 Å². The highest BCUT2D eigenvalue weighted by atomic mass is 16.5. The smallest absolute Gasteiger partial charge is 0.119 e. The highest BCUT2D eigenvalue weighted by molar-refractivity contribution is 5.82. The van der Waals surface area contributed by atoms with Crippen molar-refractivity contribution in [1.82, 2.24) is 15.1 Å². The van der Waals surface area contributed by atoms with Crippen LogP contribution in [-0.4, -0.2) is 58.2 Å². The van der Waals surface area contributed by atoms with Crippen molar-refractivity contribution in [3.8, 4) is 5.75 Å². The Bertz CT molecular complexity index is 613. The van der Waals surface area contributed by atoms with Gasteiger partial charge in [-0.25, -0.2) is 0 Å². The number of hydrogen-bond donors (Lipinski definition) is 3. The lowest BCUT2D eigenvalue weighted by Gasteiger charge is -2.34. The summed E-state index contributed by atoms with van der Waals surface area (Å²) in [6.07, 6.45) is 0.347. The molecular formula is C15H21N3O3. The van der Waals surface area contributed by atoms with Gasteiger partial charge in [0.05, 0.1) is 24.4 Å². The van der Waals surface area contributed by atoms with Crippen molar-refractivity contribution in [2.24, 2.45) is 5.92 Å². The predicted octanol–water partition coefficient (Wildman–Crippen LogP) is 0.747. The molecule has 1 aliphatic rings. The third-order valence-electron chi connectivity index (χ3n) is 4.26. The highest BCUT2D eigenvalue weighted by Crippen LogP contribution is 2.24. The van der Waals surface area contributed by atoms with E-state index in [0.717, 1.165) is 35.3 Å². The van der Waals surface area contributed by atoms with Crippen molar-refractivity contribution in [3.63, 3.8) is 0 Å². The van der Waals surface area contributed by atoms with Gasteiger partial charge in [0.2, 0.25) is 0 Å². The van der Waals surface area contributed by atoms with Crippen LogP contribution >= 0.6 is 0 Å². The van der Waals surface area contributed by atoms with E-state index >= 15 is 0 Å². The van der Waals surface area contributed by atoms with Gasteiger partial charge in [0, 0.05) is 31.0 Å². The summed E-state index contributed by atoms with van der Waals surface area (Å²) in [7, 11) is 1.65. The van der Waals surface area contributed by atoms with E-state index in [1.165, 1.54) is 0 Å². The largest absolute Gasteiger partial charge is 0.497 e. The van der Waals surface area contributed by atoms with Crippen LogP contribution in [0.15, 0.2) is 18.2 Å². The number of ether oxygens (including phenoxy) is 1. The maximum absolute atomic E-state index is 10.0. The van der Waals surface area contributed by atoms with E-state index in [9.17, 15) is 10.2 Å². The molecule has 0 spiro atoms. The van der Waals surface area contributed by atoms with E-state index in [-0.39, 0.29) is 12.5 Å². The summed E-state index contributed by atoms with van der Waals surface area (Å²) >= 11 is 0. The molecule has 0 aliphatic carbocycles. The number of nitrogens with one attached hydrogen (secondary N) is 1. The monoisotopic (exact) mass is 291 g/mol. The second-order valence-electron chi connectivity index (χ2n) is 5.62. The Kier molecular flexibility index (Phi) is 4.10. The van der Waals surface area contributed by atoms with Crippen LogP contribution in [-0.2, 0) is 6.54 Å². The second-order valence-corrected chi connectivity index (χ2v) is 5.62. The molecule has 3 rings (SSSR count). The minimum Gasteiger partial charge on any atom is -0.497 e. The zero-order valence-corrected chi connectivity index (χ0v) is 12.1. The molecule has 2 atom stereocenters. The molecule has 1 aromatic heterocycles. The van der Waals surface area contributed by atoms with Gasteiger partial charge < -0.3 is 14.9 Å². The average molecular weight is 291 g/mol. The summed E-state index contributed by atoms with van der Waals surface area (Å²) in [6, 6.07) is 5.80. The number of H-pyrrole nitrogens is 1. The van der Waals surface area contributed by atoms with Gasteiger partial charge in [-0.2, -0.15) is 5.10 Å². The van der Waals surface area contributed by atoms with Crippen LogP contribution in [0.3, 0.4) is 0 Å². The number of methoxy groups -OCH3 is 1. The lowest BCUT2D eigenvalue weighted by atomic mass is 9.94. The highest BCUT2D eigenvalue weighted by Gasteiger charge is 2.27. The van der Waals surface area contributed by atoms with Gasteiger partial charge in [-0.1, -0.05) is 0 Å². The molecule has 114 valence electrons. The molecule has 1 saturated heterocycles. The van der Waals surface area contributed by atoms with Crippen molar-refractivity contribution in [2.75, 3.05) is 26.8 Å². The van der Waals surface area contributed by atoms with Crippen molar-refractivity contribution in [3.05, 3.63) is 23.9 Å². The van der Waals surface area contributed by atoms with Crippen LogP contribution in [0.25, 0.3) is 10.9 Å². The third-order valence-corrected chi connectivity index (χ3v) is 4.26. The molecule has 21 heavy (non-hydrogen) atoms. The number of fused-ring (bicyclic) bond motifs is 1. The first-order valence-electron chi connectivity index (χ1n) is 7.23. The minimum atomic E-state index is -0.465. The van der Waals surface area contributed by atoms with Crippen LogP contribution in [0.5, 0.6) is 5.75 Å². The van der Waals surface area contributed by atoms with Crippen LogP contribution in [0.1, 0.15) is 12.1 Å². The fraction of sp³-hybridized carbons (Fsp3) is 0.533. The van der Waals surface area contributed by atoms with Crippen LogP contribution in [0.2, 0.25) is 0 Å². The van der Waals surface area contributed by atoms with Gasteiger partial charge in [-0.3, -0.25) is 10.00 Å². The van der Waals surface area contributed by atoms with Crippen LogP contribution < -0.4 is 4.74 Å². The summed E-state index contributed by atoms with van der Waals surface area (Å²) in [6.45, 7) is 2.21. The summed E-state index contributed by atoms with van der Waals surface area (Å²) < 4.78 is 5.26. The molecule has 3 N–H and O–H groups in total. The van der Waals surface area contributed by atoms with Gasteiger partial charge in [-0.05, 0) is 31.2 Å². The van der Waals surface area contributed by atoms with Crippen molar-refractivity contribution >= 4 is 10.9 Å². The number of benzene rings is 1. The van der Waals surface area contributed by atoms with Gasteiger partial charge >= 0.3 is 0 Å². The molecule has 1 fully saturated rings. The van der Waals surface area contributed by atoms with Crippen LogP contribution in [0, 0.1) is 5.92 Å². The van der Waals surface area contributed by atoms with Crippen LogP contribution in [0.4, 0.5) is 0 Å². The van der Waals surface area contributed by atoms with Crippen molar-refractivity contribution < 1.29 is 14.9 Å². The van der Waals surface area contributed by atoms with Gasteiger partial charge in [0.25, 0.3) is 0 Å². The number of β-amino-alcohol motifs (C(OH)–C–C–N with tert-alkyl or cyclic N) is 1. The molecule has 0 saturated carbocycles. The minimum absolute atomic E-state index is 0.000134. The summed E-state index contributed by atoms with van der Waals surface area (Å²) in [5, 5.41) is 27.6. The number of aliphatic hydroxyl groups is 2. The SMILES string of the molecule is COc1ccc2n[nH]c(CN3CC[C@H](CO)[C@H](O)C3)c2c1. The quantitative estimate of drug-likeness (QED) is 0.774. The van der Waals surface area contributed by atoms with E-state index < -0.39 is 6.10 Å². The normalized spacial score (nSPS) is 23.6. The average Bonchev–Trinajstić information content (AvgIpc) is 2.90. The topological polar surface area (TPSA) is 81.6 Å². The zero-order valence-electron chi connectivity index (χ0n) is 12.1. The standard InChI is InChI=1S/C15H21N3O3/c1-21-11-2-3-13-12(6-11)14(17-16-13)7-18-5-4-10(9-19)15(20)8-18/h2-3,6,10,15,19-20H,4-5,7-9H2,1H3,(H,16,17)/t10-,15-/m1/s1. The van der Waals surface area contributed by atoms with Gasteiger partial charge in [0.1, 0.15) is 5.75 Å². The molecular weight excluding hydrogens is 270 g/mol. The summed E-state index contributed by atoms with van der Waals surface area (Å²) in [4.78, 5) is 2.18. The molecule has 2 heterocycles. The summed E-state index contributed by atoms with van der Waals surface area (Å²) in [5.41, 5.74) is 1.94. The first kappa shape index (κ1) is 14.3. The maximum Gasteiger partial charge on any atom is 0.119 e. The Labute approximate surface area is 123 Å². The number of piperidine rings is 1. The second kappa shape index (κ2) is 6.01. The number of likely N-dealkylation sites (tertiary alicyclic amines) is 1. The van der Waals surface area contributed by atoms with E-state index in [0.29, 0.717) is 13.1 Å². The Hall–Kier alpha value is -1.63. The lowest BCUT2D eigenvalue weighted by molar-refractivity contribution is -0.00468. The number of nitrogens with zero attached hydrogens (tertiary/aromatic N) is 2. The van der Waals surface area contributed by atoms with E-state index in [4.69, 9.17) is 4.74 Å². The van der Waals surface area contributed by atoms with Gasteiger partial charge in [0.15, 0.2) is 0 Å². The summed E-state index contributed by atoms with van der Waals surface area (Å²) in [5.74, 6) is 0.809. The molecule has 0 unspecified atom stereocenters. The molecule has 6 heteroatoms. The fourth-order valence-electron chi connectivity index (χ4n) is 2.92. The molecule has 1 aliphatic heterocycles. The third kappa shape index (κ3) is 2.88. The van der Waals surface area contributed by atoms with E-state index in [1.54, 1.807) is 7.11 Å². The molecule has 0 amide bonds. The molecule has 2 aromatic rings. The van der Waals surface area contributed by atoms with Crippen molar-refractivity contribution in [2.45, 2.75) is 19.1 Å². The molecule has 0 bridgehead atoms.